The van der Waals surface area contributed by atoms with Gasteiger partial charge in [0.1, 0.15) is 16.8 Å². The normalized spacial score (nSPS) is 17.9. The van der Waals surface area contributed by atoms with Gasteiger partial charge in [0.2, 0.25) is 0 Å². The molecule has 362 valence electrons. The maximum atomic E-state index is 12.4. The van der Waals surface area contributed by atoms with Gasteiger partial charge in [-0.3, -0.25) is 14.7 Å². The Balaban J connectivity index is 0.000000205. The number of rotatable bonds is 1. The van der Waals surface area contributed by atoms with E-state index in [1.54, 1.807) is 9.80 Å². The number of ether oxygens (including phenoxy) is 3. The number of H-pyrrole nitrogens is 1. The number of anilines is 2. The number of halogens is 4. The van der Waals surface area contributed by atoms with E-state index in [4.69, 9.17) is 32.1 Å². The summed E-state index contributed by atoms with van der Waals surface area (Å²) in [4.78, 5) is 44.9. The molecule has 12 nitrogen and oxygen atoms in total. The number of nitrogen functional groups attached to an aromatic ring is 2. The molecule has 3 amide bonds. The number of carbonyl (C=O) groups excluding carboxylic acids is 3. The van der Waals surface area contributed by atoms with Gasteiger partial charge in [0.25, 0.3) is 0 Å². The molecule has 3 aliphatic rings. The highest BCUT2D eigenvalue weighted by Crippen LogP contribution is 2.35. The summed E-state index contributed by atoms with van der Waals surface area (Å²) in [6, 6.07) is 19.5. The van der Waals surface area contributed by atoms with Crippen LogP contribution in [0.3, 0.4) is 0 Å². The number of fused-ring (bicyclic) bond motifs is 1. The summed E-state index contributed by atoms with van der Waals surface area (Å²) in [6.45, 7) is 19.0. The molecule has 5 N–H and O–H groups in total. The smallest absolute Gasteiger partial charge is 0.411 e. The lowest BCUT2D eigenvalue weighted by molar-refractivity contribution is 0.0217. The highest BCUT2D eigenvalue weighted by atomic mass is 127. The molecular formula is C51H64Br3IN6O6. The number of nitrogens with one attached hydrogen (secondary N) is 1. The number of carbonyl (C=O) groups is 3. The lowest BCUT2D eigenvalue weighted by Crippen LogP contribution is -2.39. The van der Waals surface area contributed by atoms with Gasteiger partial charge in [-0.05, 0) is 184 Å². The number of aromatic nitrogens is 1. The van der Waals surface area contributed by atoms with E-state index < -0.39 is 16.8 Å². The number of aromatic amines is 1. The summed E-state index contributed by atoms with van der Waals surface area (Å²) in [7, 11) is 0. The van der Waals surface area contributed by atoms with E-state index in [9.17, 15) is 14.4 Å². The Labute approximate surface area is 435 Å². The van der Waals surface area contributed by atoms with Crippen molar-refractivity contribution < 1.29 is 28.6 Å². The van der Waals surface area contributed by atoms with Crippen LogP contribution in [0.15, 0.2) is 74.1 Å². The van der Waals surface area contributed by atoms with Crippen LogP contribution < -0.4 is 11.5 Å². The minimum Gasteiger partial charge on any atom is -0.444 e. The Bertz CT molecular complexity index is 2460. The zero-order valence-electron chi connectivity index (χ0n) is 39.9. The van der Waals surface area contributed by atoms with Gasteiger partial charge in [-0.1, -0.05) is 65.6 Å². The molecule has 3 fully saturated rings. The number of terminal acetylenes is 1. The van der Waals surface area contributed by atoms with E-state index in [0.717, 1.165) is 89.9 Å². The molecule has 0 spiro atoms. The third kappa shape index (κ3) is 18.1. The maximum absolute atomic E-state index is 12.4. The van der Waals surface area contributed by atoms with Crippen LogP contribution in [0, 0.1) is 27.8 Å². The molecule has 4 heterocycles. The van der Waals surface area contributed by atoms with Crippen molar-refractivity contribution in [3.8, 4) is 24.2 Å². The topological polar surface area (TPSA) is 156 Å². The zero-order chi connectivity index (χ0) is 49.9. The standard InChI is InChI=1S/2C17H21BrN2O2.C11H17NO2.C6H5BrIN/c1-17(2,3)22-16(21)20-8-4-5-15(20)14-10-11-9-12(18)6-7-13(11)19-14;1-17(2,3)22-16(21)20-10-4-5-14(20)8-6-12-11-13(18)7-9-15(12)19;1-5-9-7-6-8-12(9)10(13)14-11(2,3)4;7-4-1-2-6(9)5(8)3-4/h6-7,9-10,15,19H,4-5,8H2,1-3H3;7,9,11,14H,4-5,10,19H2,1-3H3;1,9H,6-8H2,2-4H3;1-3H,9H2/t15-;14-;9-;/m001./s1. The molecule has 1 aromatic heterocycles. The van der Waals surface area contributed by atoms with Crippen molar-refractivity contribution in [1.82, 2.24) is 19.7 Å². The van der Waals surface area contributed by atoms with Gasteiger partial charge in [0, 0.05) is 70.2 Å². The zero-order valence-corrected chi connectivity index (χ0v) is 46.8. The van der Waals surface area contributed by atoms with E-state index >= 15 is 0 Å². The largest absolute Gasteiger partial charge is 0.444 e. The van der Waals surface area contributed by atoms with Crippen LogP contribution in [0.2, 0.25) is 0 Å². The molecule has 7 rings (SSSR count). The fraction of sp³-hybridized carbons (Fsp3) is 0.471. The van der Waals surface area contributed by atoms with Crippen molar-refractivity contribution in [1.29, 1.82) is 0 Å². The first-order valence-corrected chi connectivity index (χ1v) is 25.7. The number of hydrogen-bond acceptors (Lipinski definition) is 8. The second-order valence-electron chi connectivity index (χ2n) is 19.3. The van der Waals surface area contributed by atoms with E-state index in [1.165, 1.54) is 0 Å². The Morgan fingerprint density at radius 1 is 0.657 bits per heavy atom. The van der Waals surface area contributed by atoms with Crippen LogP contribution in [-0.4, -0.2) is 86.5 Å². The Morgan fingerprint density at radius 3 is 1.66 bits per heavy atom. The van der Waals surface area contributed by atoms with Crippen LogP contribution in [0.5, 0.6) is 0 Å². The second-order valence-corrected chi connectivity index (χ2v) is 23.2. The molecule has 16 heteroatoms. The van der Waals surface area contributed by atoms with Crippen molar-refractivity contribution in [2.75, 3.05) is 31.1 Å². The van der Waals surface area contributed by atoms with Crippen molar-refractivity contribution in [3.05, 3.63) is 88.9 Å². The van der Waals surface area contributed by atoms with Gasteiger partial charge in [0.15, 0.2) is 0 Å². The molecule has 0 unspecified atom stereocenters. The Morgan fingerprint density at radius 2 is 1.12 bits per heavy atom. The molecule has 3 atom stereocenters. The van der Waals surface area contributed by atoms with Gasteiger partial charge in [-0.15, -0.1) is 6.42 Å². The highest BCUT2D eigenvalue weighted by molar-refractivity contribution is 14.1. The molecule has 0 aliphatic carbocycles. The summed E-state index contributed by atoms with van der Waals surface area (Å²) in [6.07, 6.45) is 10.1. The van der Waals surface area contributed by atoms with E-state index in [1.807, 2.05) is 110 Å². The van der Waals surface area contributed by atoms with E-state index in [-0.39, 0.29) is 36.4 Å². The third-order valence-corrected chi connectivity index (χ3v) is 12.6. The molecule has 67 heavy (non-hydrogen) atoms. The number of likely N-dealkylation sites (tertiary alicyclic amines) is 3. The predicted octanol–water partition coefficient (Wildman–Crippen LogP) is 13.4. The van der Waals surface area contributed by atoms with Crippen LogP contribution in [-0.2, 0) is 14.2 Å². The van der Waals surface area contributed by atoms with Crippen molar-refractivity contribution >= 4 is 111 Å². The molecule has 3 aliphatic heterocycles. The Kier molecular flexibility index (Phi) is 20.3. The number of nitrogens with two attached hydrogens (primary N) is 2. The summed E-state index contributed by atoms with van der Waals surface area (Å²) in [5.74, 6) is 8.85. The monoisotopic (exact) mass is 1220 g/mol. The Hall–Kier alpha value is -4.10. The highest BCUT2D eigenvalue weighted by Gasteiger charge is 2.35. The quantitative estimate of drug-likeness (QED) is 0.0736. The van der Waals surface area contributed by atoms with Crippen LogP contribution in [0.4, 0.5) is 25.8 Å². The second kappa shape index (κ2) is 24.4. The molecule has 0 saturated carbocycles. The maximum Gasteiger partial charge on any atom is 0.411 e. The summed E-state index contributed by atoms with van der Waals surface area (Å²) >= 11 is 12.4. The van der Waals surface area contributed by atoms with Crippen LogP contribution in [0.1, 0.15) is 118 Å². The molecule has 0 radical (unpaired) electrons. The number of amides is 3. The van der Waals surface area contributed by atoms with Crippen molar-refractivity contribution in [3.63, 3.8) is 0 Å². The van der Waals surface area contributed by atoms with Crippen molar-refractivity contribution in [2.24, 2.45) is 0 Å². The van der Waals surface area contributed by atoms with E-state index in [2.05, 4.69) is 111 Å². The first-order chi connectivity index (χ1) is 31.2. The minimum atomic E-state index is -0.494. The van der Waals surface area contributed by atoms with Gasteiger partial charge < -0.3 is 30.7 Å². The summed E-state index contributed by atoms with van der Waals surface area (Å²) in [5.41, 5.74) is 14.5. The number of benzene rings is 3. The summed E-state index contributed by atoms with van der Waals surface area (Å²) < 4.78 is 20.4. The fourth-order valence-corrected chi connectivity index (χ4v) is 9.21. The minimum absolute atomic E-state index is 0.0704. The first kappa shape index (κ1) is 55.5. The van der Waals surface area contributed by atoms with E-state index in [0.29, 0.717) is 18.8 Å². The lowest BCUT2D eigenvalue weighted by Gasteiger charge is -2.28. The van der Waals surface area contributed by atoms with Crippen molar-refractivity contribution in [2.45, 2.75) is 136 Å². The molecule has 0 bridgehead atoms. The summed E-state index contributed by atoms with van der Waals surface area (Å²) in [5, 5.41) is 1.15. The molecule has 3 saturated heterocycles. The fourth-order valence-electron chi connectivity index (χ4n) is 7.17. The van der Waals surface area contributed by atoms with Gasteiger partial charge in [0.05, 0.1) is 18.1 Å². The number of hydrogen-bond donors (Lipinski definition) is 3. The lowest BCUT2D eigenvalue weighted by atomic mass is 10.1. The van der Waals surface area contributed by atoms with Gasteiger partial charge in [-0.25, -0.2) is 14.4 Å². The molecule has 4 aromatic rings. The SMILES string of the molecule is C#C[C@@H]1CCCN1C(=O)OC(C)(C)C.CC(C)(C)OC(=O)N1CCC[C@H]1C#Cc1cc(Br)ccc1N.CC(C)(C)OC(=O)N1CCC[C@H]1c1cc2cc(Br)ccc2[nH]1.Nc1ccc(Br)cc1I. The average Bonchev–Trinajstić information content (AvgIpc) is 4.05. The van der Waals surface area contributed by atoms with Gasteiger partial charge in [-0.2, -0.15) is 0 Å². The predicted molar refractivity (Wildman–Crippen MR) is 288 cm³/mol. The first-order valence-electron chi connectivity index (χ1n) is 22.2. The van der Waals surface area contributed by atoms with Crippen LogP contribution >= 0.6 is 70.4 Å². The average molecular weight is 1220 g/mol. The molecule has 3 aromatic carbocycles. The third-order valence-electron chi connectivity index (χ3n) is 10.1. The molecular weight excluding hydrogens is 1160 g/mol. The van der Waals surface area contributed by atoms with Gasteiger partial charge >= 0.3 is 18.3 Å². The van der Waals surface area contributed by atoms with Crippen LogP contribution in [0.25, 0.3) is 10.9 Å². The number of nitrogens with zero attached hydrogens (tertiary/aromatic N) is 3.